The van der Waals surface area contributed by atoms with Crippen LogP contribution in [0, 0.1) is 13.8 Å². The predicted octanol–water partition coefficient (Wildman–Crippen LogP) is 3.02. The van der Waals surface area contributed by atoms with Crippen LogP contribution in [-0.4, -0.2) is 9.97 Å². The lowest BCUT2D eigenvalue weighted by molar-refractivity contribution is 1.12. The van der Waals surface area contributed by atoms with E-state index in [-0.39, 0.29) is 0 Å². The van der Waals surface area contributed by atoms with Gasteiger partial charge in [0.2, 0.25) is 0 Å². The summed E-state index contributed by atoms with van der Waals surface area (Å²) in [5.74, 6) is 1.46. The second-order valence-electron chi connectivity index (χ2n) is 3.56. The van der Waals surface area contributed by atoms with Crippen molar-refractivity contribution in [2.75, 3.05) is 5.73 Å². The van der Waals surface area contributed by atoms with Crippen LogP contribution in [0.25, 0.3) is 0 Å². The van der Waals surface area contributed by atoms with E-state index in [1.54, 1.807) is 12.1 Å². The van der Waals surface area contributed by atoms with Crippen LogP contribution in [-0.2, 0) is 0 Å². The molecule has 0 aliphatic carbocycles. The number of nitrogens with zero attached hydrogens (tertiary/aromatic N) is 3. The zero-order valence-corrected chi connectivity index (χ0v) is 9.23. The van der Waals surface area contributed by atoms with Crippen molar-refractivity contribution < 1.29 is 0 Å². The summed E-state index contributed by atoms with van der Waals surface area (Å²) < 4.78 is 0. The van der Waals surface area contributed by atoms with Gasteiger partial charge in [0.15, 0.2) is 5.82 Å². The molecule has 5 nitrogen and oxygen atoms in total. The first-order valence-electron chi connectivity index (χ1n) is 4.95. The van der Waals surface area contributed by atoms with Gasteiger partial charge in [0, 0.05) is 5.69 Å². The van der Waals surface area contributed by atoms with Gasteiger partial charge in [-0.15, -0.1) is 10.2 Å². The smallest absolute Gasteiger partial charge is 0.195 e. The summed E-state index contributed by atoms with van der Waals surface area (Å²) in [6.07, 6.45) is 0. The number of rotatable bonds is 2. The third-order valence-electron chi connectivity index (χ3n) is 2.13. The molecule has 2 aromatic rings. The molecular formula is C11H13N5. The number of aromatic nitrogens is 2. The van der Waals surface area contributed by atoms with Gasteiger partial charge in [-0.25, -0.2) is 4.98 Å². The molecule has 0 radical (unpaired) electrons. The third kappa shape index (κ3) is 2.25. The molecule has 0 aliphatic heterocycles. The molecule has 1 aromatic heterocycles. The van der Waals surface area contributed by atoms with Gasteiger partial charge in [-0.05, 0) is 38.1 Å². The van der Waals surface area contributed by atoms with Crippen molar-refractivity contribution in [3.8, 4) is 0 Å². The molecule has 0 bridgehead atoms. The van der Waals surface area contributed by atoms with E-state index in [4.69, 9.17) is 5.73 Å². The molecule has 16 heavy (non-hydrogen) atoms. The number of nitrogen functional groups attached to an aromatic ring is 1. The molecule has 0 fully saturated rings. The molecule has 1 heterocycles. The van der Waals surface area contributed by atoms with Crippen LogP contribution in [0.2, 0.25) is 0 Å². The zero-order chi connectivity index (χ0) is 11.5. The lowest BCUT2D eigenvalue weighted by Gasteiger charge is -1.93. The molecular weight excluding hydrogens is 202 g/mol. The predicted molar refractivity (Wildman–Crippen MR) is 63.1 cm³/mol. The van der Waals surface area contributed by atoms with Gasteiger partial charge in [-0.3, -0.25) is 0 Å². The minimum atomic E-state index is 0.620. The van der Waals surface area contributed by atoms with Crippen molar-refractivity contribution in [3.05, 3.63) is 35.8 Å². The molecule has 2 rings (SSSR count). The van der Waals surface area contributed by atoms with Gasteiger partial charge in [0.1, 0.15) is 5.82 Å². The second-order valence-corrected chi connectivity index (χ2v) is 3.56. The maximum atomic E-state index is 5.57. The molecule has 0 saturated heterocycles. The number of nitrogens with one attached hydrogen (secondary N) is 1. The number of aromatic amines is 1. The summed E-state index contributed by atoms with van der Waals surface area (Å²) in [6.45, 7) is 3.80. The van der Waals surface area contributed by atoms with Crippen molar-refractivity contribution in [2.45, 2.75) is 13.8 Å². The molecule has 0 atom stereocenters. The molecule has 0 aliphatic rings. The maximum absolute atomic E-state index is 5.57. The number of nitrogens with two attached hydrogens (primary N) is 1. The summed E-state index contributed by atoms with van der Waals surface area (Å²) in [5, 5.41) is 8.15. The highest BCUT2D eigenvalue weighted by Gasteiger charge is 2.01. The van der Waals surface area contributed by atoms with E-state index in [1.807, 2.05) is 26.0 Å². The van der Waals surface area contributed by atoms with Gasteiger partial charge in [0.25, 0.3) is 0 Å². The van der Waals surface area contributed by atoms with E-state index in [2.05, 4.69) is 20.2 Å². The van der Waals surface area contributed by atoms with Crippen LogP contribution in [0.3, 0.4) is 0 Å². The van der Waals surface area contributed by atoms with E-state index >= 15 is 0 Å². The summed E-state index contributed by atoms with van der Waals surface area (Å²) in [4.78, 5) is 7.27. The number of anilines is 1. The molecule has 1 aromatic carbocycles. The first-order valence-corrected chi connectivity index (χ1v) is 4.95. The largest absolute Gasteiger partial charge is 0.399 e. The van der Waals surface area contributed by atoms with E-state index < -0.39 is 0 Å². The SMILES string of the molecule is Cc1nc(N=Nc2ccc(N)cc2)c(C)[nH]1. The van der Waals surface area contributed by atoms with Crippen LogP contribution in [0.4, 0.5) is 17.2 Å². The summed E-state index contributed by atoms with van der Waals surface area (Å²) in [7, 11) is 0. The number of hydrogen-bond donors (Lipinski definition) is 2. The number of benzene rings is 1. The minimum Gasteiger partial charge on any atom is -0.399 e. The fraction of sp³-hybridized carbons (Fsp3) is 0.182. The number of aryl methyl sites for hydroxylation is 2. The molecule has 3 N–H and O–H groups in total. The third-order valence-corrected chi connectivity index (χ3v) is 2.13. The molecule has 0 amide bonds. The summed E-state index contributed by atoms with van der Waals surface area (Å²) in [5.41, 5.74) is 7.96. The van der Waals surface area contributed by atoms with Crippen molar-refractivity contribution >= 4 is 17.2 Å². The number of imidazole rings is 1. The molecule has 0 spiro atoms. The van der Waals surface area contributed by atoms with Gasteiger partial charge in [-0.1, -0.05) is 0 Å². The van der Waals surface area contributed by atoms with Gasteiger partial charge >= 0.3 is 0 Å². The molecule has 82 valence electrons. The Kier molecular flexibility index (Phi) is 2.68. The van der Waals surface area contributed by atoms with Crippen LogP contribution < -0.4 is 5.73 Å². The van der Waals surface area contributed by atoms with Gasteiger partial charge in [-0.2, -0.15) is 0 Å². The average molecular weight is 215 g/mol. The Bertz CT molecular complexity index is 510. The van der Waals surface area contributed by atoms with Crippen molar-refractivity contribution in [2.24, 2.45) is 10.2 Å². The van der Waals surface area contributed by atoms with E-state index in [9.17, 15) is 0 Å². The van der Waals surface area contributed by atoms with E-state index in [1.165, 1.54) is 0 Å². The molecule has 5 heteroatoms. The Morgan fingerprint density at radius 2 is 1.81 bits per heavy atom. The second kappa shape index (κ2) is 4.14. The number of azo groups is 1. The first kappa shape index (κ1) is 10.4. The highest BCUT2D eigenvalue weighted by molar-refractivity contribution is 5.47. The van der Waals surface area contributed by atoms with Crippen LogP contribution in [0.15, 0.2) is 34.5 Å². The van der Waals surface area contributed by atoms with Crippen LogP contribution >= 0.6 is 0 Å². The van der Waals surface area contributed by atoms with Crippen molar-refractivity contribution in [1.29, 1.82) is 0 Å². The topological polar surface area (TPSA) is 79.4 Å². The lowest BCUT2D eigenvalue weighted by Crippen LogP contribution is -1.80. The first-order chi connectivity index (χ1) is 7.65. The average Bonchev–Trinajstić information content (AvgIpc) is 2.57. The summed E-state index contributed by atoms with van der Waals surface area (Å²) >= 11 is 0. The lowest BCUT2D eigenvalue weighted by atomic mass is 10.3. The monoisotopic (exact) mass is 215 g/mol. The van der Waals surface area contributed by atoms with Crippen LogP contribution in [0.5, 0.6) is 0 Å². The highest BCUT2D eigenvalue weighted by Crippen LogP contribution is 2.20. The Labute approximate surface area is 93.4 Å². The Morgan fingerprint density at radius 3 is 2.38 bits per heavy atom. The maximum Gasteiger partial charge on any atom is 0.195 e. The van der Waals surface area contributed by atoms with Crippen molar-refractivity contribution in [3.63, 3.8) is 0 Å². The van der Waals surface area contributed by atoms with E-state index in [0.717, 1.165) is 17.2 Å². The highest BCUT2D eigenvalue weighted by atomic mass is 15.2. The zero-order valence-electron chi connectivity index (χ0n) is 9.23. The Balaban J connectivity index is 2.21. The van der Waals surface area contributed by atoms with Crippen LogP contribution in [0.1, 0.15) is 11.5 Å². The fourth-order valence-corrected chi connectivity index (χ4v) is 1.34. The standard InChI is InChI=1S/C11H13N5/c1-7-11(14-8(2)13-7)16-15-10-5-3-9(12)4-6-10/h3-6H,12H2,1-2H3,(H,13,14). The Morgan fingerprint density at radius 1 is 1.12 bits per heavy atom. The molecule has 0 saturated carbocycles. The van der Waals surface area contributed by atoms with Gasteiger partial charge < -0.3 is 10.7 Å². The summed E-state index contributed by atoms with van der Waals surface area (Å²) in [6, 6.07) is 7.20. The molecule has 0 unspecified atom stereocenters. The Hall–Kier alpha value is -2.17. The quantitative estimate of drug-likeness (QED) is 0.596. The van der Waals surface area contributed by atoms with E-state index in [0.29, 0.717) is 11.5 Å². The number of H-pyrrole nitrogens is 1. The number of hydrogen-bond acceptors (Lipinski definition) is 4. The normalized spacial score (nSPS) is 11.1. The van der Waals surface area contributed by atoms with Crippen molar-refractivity contribution in [1.82, 2.24) is 9.97 Å². The van der Waals surface area contributed by atoms with Gasteiger partial charge in [0.05, 0.1) is 11.4 Å². The fourth-order valence-electron chi connectivity index (χ4n) is 1.34. The minimum absolute atomic E-state index is 0.620.